The zero-order valence-electron chi connectivity index (χ0n) is 15.2. The summed E-state index contributed by atoms with van der Waals surface area (Å²) in [5.74, 6) is 1.06. The van der Waals surface area contributed by atoms with Gasteiger partial charge in [0.15, 0.2) is 0 Å². The number of hydrogen-bond acceptors (Lipinski definition) is 2. The van der Waals surface area contributed by atoms with E-state index in [-0.39, 0.29) is 11.8 Å². The van der Waals surface area contributed by atoms with Crippen molar-refractivity contribution in [1.29, 1.82) is 0 Å². The second-order valence-corrected chi connectivity index (χ2v) is 7.33. The second-order valence-electron chi connectivity index (χ2n) is 7.33. The van der Waals surface area contributed by atoms with E-state index in [4.69, 9.17) is 0 Å². The van der Waals surface area contributed by atoms with Crippen LogP contribution in [0.5, 0.6) is 0 Å². The average molecular weight is 334 g/mol. The van der Waals surface area contributed by atoms with Crippen molar-refractivity contribution in [3.63, 3.8) is 0 Å². The lowest BCUT2D eigenvalue weighted by Crippen LogP contribution is -2.21. The molecule has 1 saturated carbocycles. The van der Waals surface area contributed by atoms with E-state index in [0.717, 1.165) is 24.1 Å². The van der Waals surface area contributed by atoms with Gasteiger partial charge in [-0.15, -0.1) is 0 Å². The maximum absolute atomic E-state index is 12.3. The van der Waals surface area contributed by atoms with Crippen molar-refractivity contribution in [3.8, 4) is 0 Å². The lowest BCUT2D eigenvalue weighted by Gasteiger charge is -2.07. The van der Waals surface area contributed by atoms with E-state index in [1.165, 1.54) is 11.1 Å². The molecule has 1 aliphatic carbocycles. The number of amides is 1. The Hall–Kier alpha value is -2.42. The van der Waals surface area contributed by atoms with Gasteiger partial charge in [0.25, 0.3) is 0 Å². The summed E-state index contributed by atoms with van der Waals surface area (Å²) in [4.78, 5) is 12.3. The summed E-state index contributed by atoms with van der Waals surface area (Å²) in [7, 11) is 0. The highest BCUT2D eigenvalue weighted by Crippen LogP contribution is 2.47. The zero-order chi connectivity index (χ0) is 17.8. The van der Waals surface area contributed by atoms with Gasteiger partial charge in [-0.2, -0.15) is 5.10 Å². The van der Waals surface area contributed by atoms with Crippen LogP contribution in [0.3, 0.4) is 0 Å². The van der Waals surface area contributed by atoms with Crippen molar-refractivity contribution < 1.29 is 4.79 Å². The number of rotatable bonds is 6. The SMILES string of the molecule is C/C(=N\NC(=O)[C@H]1C[C@H]1c1ccccc1)c1ccc(CC(C)C)cc1. The number of nitrogens with one attached hydrogen (secondary N) is 1. The predicted octanol–water partition coefficient (Wildman–Crippen LogP) is 4.53. The third kappa shape index (κ3) is 4.56. The summed E-state index contributed by atoms with van der Waals surface area (Å²) >= 11 is 0. The van der Waals surface area contributed by atoms with E-state index < -0.39 is 0 Å². The van der Waals surface area contributed by atoms with Crippen molar-refractivity contribution >= 4 is 11.6 Å². The lowest BCUT2D eigenvalue weighted by atomic mass is 10.0. The van der Waals surface area contributed by atoms with Crippen LogP contribution in [-0.4, -0.2) is 11.6 Å². The highest BCUT2D eigenvalue weighted by Gasteiger charge is 2.43. The van der Waals surface area contributed by atoms with E-state index in [1.807, 2.05) is 25.1 Å². The average Bonchev–Trinajstić information content (AvgIpc) is 3.41. The summed E-state index contributed by atoms with van der Waals surface area (Å²) in [6, 6.07) is 18.7. The Bertz CT molecular complexity index is 747. The number of carbonyl (C=O) groups is 1. The molecule has 25 heavy (non-hydrogen) atoms. The molecule has 0 spiro atoms. The predicted molar refractivity (Wildman–Crippen MR) is 103 cm³/mol. The monoisotopic (exact) mass is 334 g/mol. The number of hydrogen-bond donors (Lipinski definition) is 1. The van der Waals surface area contributed by atoms with Gasteiger partial charge in [-0.3, -0.25) is 4.79 Å². The molecule has 0 bridgehead atoms. The molecule has 1 N–H and O–H groups in total. The van der Waals surface area contributed by atoms with Crippen LogP contribution in [0.25, 0.3) is 0 Å². The second kappa shape index (κ2) is 7.64. The topological polar surface area (TPSA) is 41.5 Å². The van der Waals surface area contributed by atoms with Gasteiger partial charge in [0.05, 0.1) is 5.71 Å². The van der Waals surface area contributed by atoms with E-state index >= 15 is 0 Å². The lowest BCUT2D eigenvalue weighted by molar-refractivity contribution is -0.122. The molecule has 0 aromatic heterocycles. The molecule has 2 aromatic rings. The quantitative estimate of drug-likeness (QED) is 0.612. The molecule has 0 heterocycles. The van der Waals surface area contributed by atoms with Gasteiger partial charge in [0.1, 0.15) is 0 Å². The molecule has 1 fully saturated rings. The summed E-state index contributed by atoms with van der Waals surface area (Å²) in [5, 5.41) is 4.29. The molecular weight excluding hydrogens is 308 g/mol. The Balaban J connectivity index is 1.56. The first kappa shape index (κ1) is 17.4. The highest BCUT2D eigenvalue weighted by molar-refractivity contribution is 5.99. The summed E-state index contributed by atoms with van der Waals surface area (Å²) < 4.78 is 0. The van der Waals surface area contributed by atoms with Crippen molar-refractivity contribution in [2.75, 3.05) is 0 Å². The molecule has 3 nitrogen and oxygen atoms in total. The summed E-state index contributed by atoms with van der Waals surface area (Å²) in [6.45, 7) is 6.37. The smallest absolute Gasteiger partial charge is 0.243 e. The van der Waals surface area contributed by atoms with Crippen LogP contribution in [0.1, 0.15) is 49.8 Å². The van der Waals surface area contributed by atoms with Gasteiger partial charge in [0, 0.05) is 5.92 Å². The van der Waals surface area contributed by atoms with Crippen LogP contribution in [0, 0.1) is 11.8 Å². The van der Waals surface area contributed by atoms with Crippen LogP contribution in [0.15, 0.2) is 59.7 Å². The van der Waals surface area contributed by atoms with Gasteiger partial charge in [-0.1, -0.05) is 68.4 Å². The van der Waals surface area contributed by atoms with E-state index in [0.29, 0.717) is 11.8 Å². The fraction of sp³-hybridized carbons (Fsp3) is 0.364. The first-order valence-corrected chi connectivity index (χ1v) is 9.03. The van der Waals surface area contributed by atoms with E-state index in [2.05, 4.69) is 60.8 Å². The molecule has 1 amide bonds. The number of benzene rings is 2. The van der Waals surface area contributed by atoms with Crippen molar-refractivity contribution in [2.45, 2.75) is 39.5 Å². The molecule has 2 aromatic carbocycles. The minimum Gasteiger partial charge on any atom is -0.273 e. The van der Waals surface area contributed by atoms with Gasteiger partial charge in [-0.25, -0.2) is 5.43 Å². The first-order valence-electron chi connectivity index (χ1n) is 9.03. The third-order valence-electron chi connectivity index (χ3n) is 4.70. The molecule has 2 atom stereocenters. The molecular formula is C22H26N2O. The fourth-order valence-corrected chi connectivity index (χ4v) is 3.19. The zero-order valence-corrected chi connectivity index (χ0v) is 15.2. The Labute approximate surface area is 150 Å². The Morgan fingerprint density at radius 3 is 2.44 bits per heavy atom. The van der Waals surface area contributed by atoms with Crippen LogP contribution in [0.2, 0.25) is 0 Å². The molecule has 1 aliphatic rings. The van der Waals surface area contributed by atoms with Gasteiger partial charge < -0.3 is 0 Å². The largest absolute Gasteiger partial charge is 0.273 e. The minimum atomic E-state index is 0.0182. The molecule has 0 unspecified atom stereocenters. The van der Waals surface area contributed by atoms with Crippen LogP contribution in [0.4, 0.5) is 0 Å². The van der Waals surface area contributed by atoms with Crippen LogP contribution in [-0.2, 0) is 11.2 Å². The fourth-order valence-electron chi connectivity index (χ4n) is 3.19. The normalized spacial score (nSPS) is 19.8. The molecule has 130 valence electrons. The van der Waals surface area contributed by atoms with Crippen molar-refractivity contribution in [3.05, 3.63) is 71.3 Å². The third-order valence-corrected chi connectivity index (χ3v) is 4.70. The van der Waals surface area contributed by atoms with Gasteiger partial charge in [-0.05, 0) is 48.3 Å². The highest BCUT2D eigenvalue weighted by atomic mass is 16.2. The molecule has 3 heteroatoms. The first-order chi connectivity index (χ1) is 12.0. The van der Waals surface area contributed by atoms with Gasteiger partial charge in [0.2, 0.25) is 5.91 Å². The molecule has 0 radical (unpaired) electrons. The van der Waals surface area contributed by atoms with E-state index in [1.54, 1.807) is 0 Å². The molecule has 0 saturated heterocycles. The van der Waals surface area contributed by atoms with Crippen LogP contribution < -0.4 is 5.43 Å². The minimum absolute atomic E-state index is 0.0182. The van der Waals surface area contributed by atoms with Crippen molar-refractivity contribution in [1.82, 2.24) is 5.43 Å². The van der Waals surface area contributed by atoms with Crippen molar-refractivity contribution in [2.24, 2.45) is 16.9 Å². The Morgan fingerprint density at radius 2 is 1.80 bits per heavy atom. The van der Waals surface area contributed by atoms with Crippen LogP contribution >= 0.6 is 0 Å². The maximum atomic E-state index is 12.3. The Morgan fingerprint density at radius 1 is 1.12 bits per heavy atom. The summed E-state index contributed by atoms with van der Waals surface area (Å²) in [6.07, 6.45) is 1.99. The summed E-state index contributed by atoms with van der Waals surface area (Å²) in [5.41, 5.74) is 7.19. The number of hydrazone groups is 1. The van der Waals surface area contributed by atoms with Gasteiger partial charge >= 0.3 is 0 Å². The number of nitrogens with zero attached hydrogens (tertiary/aromatic N) is 1. The Kier molecular flexibility index (Phi) is 5.32. The maximum Gasteiger partial charge on any atom is 0.243 e. The standard InChI is InChI=1S/C22H26N2O/c1-15(2)13-17-9-11-18(12-10-17)16(3)23-24-22(25)21-14-20(21)19-7-5-4-6-8-19/h4-12,15,20-21H,13-14H2,1-3H3,(H,24,25)/b23-16+/t20-,21-/m0/s1. The molecule has 3 rings (SSSR count). The van der Waals surface area contributed by atoms with E-state index in [9.17, 15) is 4.79 Å². The number of carbonyl (C=O) groups excluding carboxylic acids is 1. The molecule has 0 aliphatic heterocycles.